The summed E-state index contributed by atoms with van der Waals surface area (Å²) in [5.41, 5.74) is 4.22. The van der Waals surface area contributed by atoms with Gasteiger partial charge < -0.3 is 15.3 Å². The van der Waals surface area contributed by atoms with Gasteiger partial charge in [0.05, 0.1) is 10.8 Å². The van der Waals surface area contributed by atoms with Gasteiger partial charge in [0.2, 0.25) is 5.91 Å². The largest absolute Gasteiger partial charge is 0.481 e. The Morgan fingerprint density at radius 3 is 2.24 bits per heavy atom. The molecule has 49 heavy (non-hydrogen) atoms. The lowest BCUT2D eigenvalue weighted by molar-refractivity contribution is -0.153. The van der Waals surface area contributed by atoms with Gasteiger partial charge in [0, 0.05) is 47.9 Å². The number of aromatic nitrogens is 2. The van der Waals surface area contributed by atoms with Crippen molar-refractivity contribution in [3.63, 3.8) is 0 Å². The number of rotatable bonds is 12. The van der Waals surface area contributed by atoms with Gasteiger partial charge in [-0.25, -0.2) is 9.97 Å². The van der Waals surface area contributed by atoms with Crippen LogP contribution in [0.1, 0.15) is 110 Å². The lowest BCUT2D eigenvalue weighted by atomic mass is 9.70. The number of carboxylic acids is 1. The van der Waals surface area contributed by atoms with E-state index in [0.717, 1.165) is 52.2 Å². The van der Waals surface area contributed by atoms with E-state index in [-0.39, 0.29) is 31.3 Å². The summed E-state index contributed by atoms with van der Waals surface area (Å²) in [5, 5.41) is 12.2. The molecule has 2 N–H and O–H groups in total. The van der Waals surface area contributed by atoms with E-state index in [0.29, 0.717) is 16.6 Å². The van der Waals surface area contributed by atoms with Crippen molar-refractivity contribution < 1.29 is 19.5 Å². The molecule has 1 aromatic carbocycles. The van der Waals surface area contributed by atoms with Crippen LogP contribution in [-0.4, -0.2) is 56.9 Å². The average molecular weight is 683 g/mol. The van der Waals surface area contributed by atoms with E-state index in [4.69, 9.17) is 9.97 Å². The zero-order valence-corrected chi connectivity index (χ0v) is 29.9. The molecule has 2 unspecified atom stereocenters. The van der Waals surface area contributed by atoms with Gasteiger partial charge in [0.15, 0.2) is 5.82 Å². The number of hydrogen-bond acceptors (Lipinski definition) is 6. The molecule has 1 saturated carbocycles. The van der Waals surface area contributed by atoms with Gasteiger partial charge in [-0.3, -0.25) is 14.4 Å². The Morgan fingerprint density at radius 1 is 0.939 bits per heavy atom. The molecule has 3 aromatic rings. The first-order valence-corrected chi connectivity index (χ1v) is 19.0. The number of amides is 2. The molecule has 0 spiro atoms. The van der Waals surface area contributed by atoms with Crippen molar-refractivity contribution in [3.8, 4) is 11.4 Å². The van der Waals surface area contributed by atoms with Gasteiger partial charge in [0.25, 0.3) is 5.91 Å². The Bertz CT molecular complexity index is 1630. The number of likely N-dealkylation sites (tertiary alicyclic amines) is 1. The topological polar surface area (TPSA) is 112 Å². The van der Waals surface area contributed by atoms with Crippen LogP contribution in [0, 0.1) is 23.7 Å². The highest BCUT2D eigenvalue weighted by Gasteiger charge is 2.39. The van der Waals surface area contributed by atoms with Crippen LogP contribution >= 0.6 is 11.3 Å². The third-order valence-electron chi connectivity index (χ3n) is 10.9. The molecule has 0 radical (unpaired) electrons. The molecule has 0 bridgehead atoms. The molecule has 3 heterocycles. The molecule has 3 aliphatic rings. The number of allylic oxidation sites excluding steroid dienone is 2. The molecular formula is C40H50N4O4S. The highest BCUT2D eigenvalue weighted by Crippen LogP contribution is 2.42. The summed E-state index contributed by atoms with van der Waals surface area (Å²) in [4.78, 5) is 50.6. The average Bonchev–Trinajstić information content (AvgIpc) is 3.60. The molecular weight excluding hydrogens is 633 g/mol. The van der Waals surface area contributed by atoms with Crippen molar-refractivity contribution >= 4 is 34.7 Å². The van der Waals surface area contributed by atoms with Gasteiger partial charge in [-0.1, -0.05) is 76.8 Å². The maximum absolute atomic E-state index is 13.5. The van der Waals surface area contributed by atoms with Crippen LogP contribution in [-0.2, 0) is 16.0 Å². The van der Waals surface area contributed by atoms with Crippen molar-refractivity contribution in [1.82, 2.24) is 20.2 Å². The minimum atomic E-state index is -0.908. The molecule has 1 aliphatic heterocycles. The molecule has 2 aromatic heterocycles. The standard InChI is InChI=1S/C40H50N4O4S/c1-4-5-26-6-10-28(11-7-26)29-14-16-30(17-15-29)32-21-41-37(42-22-32)31-12-8-27(9-13-31)20-34(39(46)44-23-33(24-44)40(47)48)43-38(45)36-19-18-35(49-36)25(2)3/h8-9,12-13,16,18-19,21-22,25-26,28-29,33-34H,4-7,10-11,14-15,17,20,23-24H2,1-3H3,(H,43,45)(H,47,48). The van der Waals surface area contributed by atoms with Gasteiger partial charge >= 0.3 is 5.97 Å². The van der Waals surface area contributed by atoms with E-state index >= 15 is 0 Å². The second-order valence-electron chi connectivity index (χ2n) is 14.7. The number of nitrogens with zero attached hydrogens (tertiary/aromatic N) is 3. The van der Waals surface area contributed by atoms with Crippen LogP contribution in [0.4, 0.5) is 0 Å². The van der Waals surface area contributed by atoms with Crippen LogP contribution in [0.25, 0.3) is 17.0 Å². The van der Waals surface area contributed by atoms with Gasteiger partial charge in [0.1, 0.15) is 6.04 Å². The van der Waals surface area contributed by atoms with Crippen LogP contribution in [0.15, 0.2) is 54.9 Å². The molecule has 260 valence electrons. The van der Waals surface area contributed by atoms with E-state index in [2.05, 4.69) is 32.2 Å². The highest BCUT2D eigenvalue weighted by molar-refractivity contribution is 7.14. The summed E-state index contributed by atoms with van der Waals surface area (Å²) in [6.45, 7) is 6.77. The van der Waals surface area contributed by atoms with E-state index < -0.39 is 17.9 Å². The lowest BCUT2D eigenvalue weighted by Crippen LogP contribution is -2.59. The van der Waals surface area contributed by atoms with E-state index in [9.17, 15) is 19.5 Å². The summed E-state index contributed by atoms with van der Waals surface area (Å²) < 4.78 is 0. The molecule has 2 amide bonds. The Balaban J connectivity index is 1.07. The molecule has 6 rings (SSSR count). The molecule has 2 fully saturated rings. The first kappa shape index (κ1) is 35.0. The normalized spacial score (nSPS) is 21.9. The number of nitrogens with one attached hydrogen (secondary N) is 1. The summed E-state index contributed by atoms with van der Waals surface area (Å²) in [6, 6.07) is 10.7. The minimum Gasteiger partial charge on any atom is -0.481 e. The van der Waals surface area contributed by atoms with Crippen LogP contribution in [0.5, 0.6) is 0 Å². The summed E-state index contributed by atoms with van der Waals surface area (Å²) in [6.07, 6.45) is 18.5. The van der Waals surface area contributed by atoms with Crippen LogP contribution in [0.3, 0.4) is 0 Å². The van der Waals surface area contributed by atoms with Crippen LogP contribution < -0.4 is 5.32 Å². The van der Waals surface area contributed by atoms with Gasteiger partial charge in [-0.05, 0) is 79.0 Å². The lowest BCUT2D eigenvalue weighted by Gasteiger charge is -2.38. The zero-order valence-electron chi connectivity index (χ0n) is 29.1. The third kappa shape index (κ3) is 8.48. The van der Waals surface area contributed by atoms with Crippen molar-refractivity contribution in [3.05, 3.63) is 75.7 Å². The van der Waals surface area contributed by atoms with Crippen molar-refractivity contribution in [2.24, 2.45) is 23.7 Å². The fraction of sp³-hybridized carbons (Fsp3) is 0.525. The fourth-order valence-electron chi connectivity index (χ4n) is 7.82. The first-order chi connectivity index (χ1) is 23.7. The maximum Gasteiger partial charge on any atom is 0.310 e. The van der Waals surface area contributed by atoms with Crippen LogP contribution in [0.2, 0.25) is 0 Å². The molecule has 2 aliphatic carbocycles. The predicted molar refractivity (Wildman–Crippen MR) is 194 cm³/mol. The van der Waals surface area contributed by atoms with Gasteiger partial charge in [-0.2, -0.15) is 0 Å². The maximum atomic E-state index is 13.5. The van der Waals surface area contributed by atoms with E-state index in [1.54, 1.807) is 6.07 Å². The summed E-state index contributed by atoms with van der Waals surface area (Å²) in [5.74, 6) is 1.57. The molecule has 9 heteroatoms. The smallest absolute Gasteiger partial charge is 0.310 e. The Morgan fingerprint density at radius 2 is 1.65 bits per heavy atom. The number of benzene rings is 1. The van der Waals surface area contributed by atoms with Crippen molar-refractivity contribution in [2.75, 3.05) is 13.1 Å². The van der Waals surface area contributed by atoms with Crippen molar-refractivity contribution in [1.29, 1.82) is 0 Å². The number of aliphatic carboxylic acids is 1. The number of carboxylic acid groups (broad SMARTS) is 1. The first-order valence-electron chi connectivity index (χ1n) is 18.2. The predicted octanol–water partition coefficient (Wildman–Crippen LogP) is 8.00. The number of carbonyl (C=O) groups is 3. The number of thiophene rings is 1. The number of hydrogen-bond donors (Lipinski definition) is 2. The Kier molecular flexibility index (Phi) is 11.3. The monoisotopic (exact) mass is 682 g/mol. The zero-order chi connectivity index (χ0) is 34.5. The van der Waals surface area contributed by atoms with Crippen molar-refractivity contribution in [2.45, 2.75) is 96.9 Å². The second-order valence-corrected chi connectivity index (χ2v) is 15.8. The molecule has 2 atom stereocenters. The molecule has 8 nitrogen and oxygen atoms in total. The Hall–Kier alpha value is -3.85. The second kappa shape index (κ2) is 15.8. The quantitative estimate of drug-likeness (QED) is 0.200. The fourth-order valence-corrected chi connectivity index (χ4v) is 8.73. The minimum absolute atomic E-state index is 0.154. The molecule has 1 saturated heterocycles. The Labute approximate surface area is 294 Å². The van der Waals surface area contributed by atoms with E-state index in [1.807, 2.05) is 42.7 Å². The summed E-state index contributed by atoms with van der Waals surface area (Å²) >= 11 is 1.43. The SMILES string of the molecule is CCCC1CCC(C2CC=C(c3cnc(-c4ccc(CC(NC(=O)c5ccc(C(C)C)s5)C(=O)N5CC(C(=O)O)C5)cc4)nc3)CC2)CC1. The summed E-state index contributed by atoms with van der Waals surface area (Å²) in [7, 11) is 0. The van der Waals surface area contributed by atoms with Gasteiger partial charge in [-0.15, -0.1) is 11.3 Å². The van der Waals surface area contributed by atoms with E-state index in [1.165, 1.54) is 66.8 Å². The number of carbonyl (C=O) groups excluding carboxylic acids is 2. The highest BCUT2D eigenvalue weighted by atomic mass is 32.1. The third-order valence-corrected chi connectivity index (χ3v) is 12.3.